The van der Waals surface area contributed by atoms with Gasteiger partial charge >= 0.3 is 0 Å². The number of halogens is 1. The third-order valence-electron chi connectivity index (χ3n) is 4.93. The molecule has 0 spiro atoms. The average molecular weight is 321 g/mol. The maximum atomic E-state index is 12.8. The first-order valence-electron chi connectivity index (χ1n) is 8.43. The van der Waals surface area contributed by atoms with E-state index in [9.17, 15) is 4.79 Å². The van der Waals surface area contributed by atoms with Gasteiger partial charge in [-0.25, -0.2) is 0 Å². The van der Waals surface area contributed by atoms with Crippen LogP contribution in [0.25, 0.3) is 0 Å². The fourth-order valence-electron chi connectivity index (χ4n) is 3.47. The van der Waals surface area contributed by atoms with Crippen LogP contribution in [-0.4, -0.2) is 29.9 Å². The lowest BCUT2D eigenvalue weighted by atomic mass is 10.0. The molecular weight excluding hydrogens is 296 g/mol. The Morgan fingerprint density at radius 2 is 2.14 bits per heavy atom. The van der Waals surface area contributed by atoms with Gasteiger partial charge in [0.2, 0.25) is 5.91 Å². The van der Waals surface area contributed by atoms with Gasteiger partial charge in [-0.05, 0) is 63.2 Å². The zero-order chi connectivity index (χ0) is 15.5. The molecule has 1 amide bonds. The minimum absolute atomic E-state index is 0.0652. The summed E-state index contributed by atoms with van der Waals surface area (Å²) in [6, 6.07) is 8.37. The quantitative estimate of drug-likeness (QED) is 0.865. The molecule has 1 aromatic rings. The smallest absolute Gasteiger partial charge is 0.223 e. The van der Waals surface area contributed by atoms with Crippen molar-refractivity contribution in [2.45, 2.75) is 51.1 Å². The fraction of sp³-hybridized carbons (Fsp3) is 0.611. The lowest BCUT2D eigenvalue weighted by Gasteiger charge is -2.30. The normalized spacial score (nSPS) is 22.5. The Balaban J connectivity index is 1.66. The molecule has 2 fully saturated rings. The van der Waals surface area contributed by atoms with E-state index in [1.54, 1.807) is 0 Å². The van der Waals surface area contributed by atoms with Crippen molar-refractivity contribution in [3.63, 3.8) is 0 Å². The van der Waals surface area contributed by atoms with Crippen molar-refractivity contribution in [3.8, 4) is 0 Å². The number of carbonyl (C=O) groups is 1. The van der Waals surface area contributed by atoms with Crippen molar-refractivity contribution in [2.24, 2.45) is 5.92 Å². The average Bonchev–Trinajstić information content (AvgIpc) is 3.20. The van der Waals surface area contributed by atoms with Gasteiger partial charge in [0.1, 0.15) is 0 Å². The van der Waals surface area contributed by atoms with Crippen LogP contribution in [0.5, 0.6) is 0 Å². The van der Waals surface area contributed by atoms with E-state index in [0.717, 1.165) is 42.9 Å². The Labute approximate surface area is 138 Å². The van der Waals surface area contributed by atoms with Crippen LogP contribution >= 0.6 is 11.6 Å². The largest absolute Gasteiger partial charge is 0.333 e. The number of nitrogens with zero attached hydrogens (tertiary/aromatic N) is 1. The molecule has 2 atom stereocenters. The molecule has 2 unspecified atom stereocenters. The van der Waals surface area contributed by atoms with Gasteiger partial charge in [0.05, 0.1) is 6.04 Å². The van der Waals surface area contributed by atoms with Gasteiger partial charge in [0.25, 0.3) is 0 Å². The molecule has 3 rings (SSSR count). The Morgan fingerprint density at radius 3 is 2.77 bits per heavy atom. The molecule has 1 aromatic carbocycles. The van der Waals surface area contributed by atoms with Crippen molar-refractivity contribution >= 4 is 17.5 Å². The highest BCUT2D eigenvalue weighted by Gasteiger charge is 2.36. The minimum atomic E-state index is 0.0652. The molecule has 0 aromatic heterocycles. The third kappa shape index (κ3) is 3.64. The SMILES string of the molecule is CC(c1ccccc1Cl)N(C(=O)CCC1CCNC1)C1CC1. The molecule has 1 aliphatic carbocycles. The van der Waals surface area contributed by atoms with Gasteiger partial charge < -0.3 is 10.2 Å². The van der Waals surface area contributed by atoms with Crippen LogP contribution in [0.4, 0.5) is 0 Å². The number of carbonyl (C=O) groups excluding carboxylic acids is 1. The van der Waals surface area contributed by atoms with E-state index in [0.29, 0.717) is 24.3 Å². The first kappa shape index (κ1) is 15.8. The summed E-state index contributed by atoms with van der Waals surface area (Å²) in [6.45, 7) is 4.27. The minimum Gasteiger partial charge on any atom is -0.333 e. The lowest BCUT2D eigenvalue weighted by molar-refractivity contribution is -0.134. The third-order valence-corrected chi connectivity index (χ3v) is 5.27. The van der Waals surface area contributed by atoms with E-state index in [2.05, 4.69) is 17.1 Å². The zero-order valence-electron chi connectivity index (χ0n) is 13.2. The highest BCUT2D eigenvalue weighted by atomic mass is 35.5. The van der Waals surface area contributed by atoms with E-state index < -0.39 is 0 Å². The predicted octanol–water partition coefficient (Wildman–Crippen LogP) is 3.78. The summed E-state index contributed by atoms with van der Waals surface area (Å²) in [6.07, 6.45) is 5.13. The van der Waals surface area contributed by atoms with Crippen LogP contribution in [0.3, 0.4) is 0 Å². The molecule has 1 saturated carbocycles. The van der Waals surface area contributed by atoms with Crippen LogP contribution in [0, 0.1) is 5.92 Å². The molecule has 0 radical (unpaired) electrons. The molecule has 4 heteroatoms. The van der Waals surface area contributed by atoms with Crippen molar-refractivity contribution in [1.82, 2.24) is 10.2 Å². The summed E-state index contributed by atoms with van der Waals surface area (Å²) in [7, 11) is 0. The Morgan fingerprint density at radius 1 is 1.36 bits per heavy atom. The molecular formula is C18H25ClN2O. The van der Waals surface area contributed by atoms with Crippen molar-refractivity contribution in [3.05, 3.63) is 34.9 Å². The summed E-state index contributed by atoms with van der Waals surface area (Å²) in [5, 5.41) is 4.13. The van der Waals surface area contributed by atoms with Crippen LogP contribution in [-0.2, 0) is 4.79 Å². The van der Waals surface area contributed by atoms with E-state index in [4.69, 9.17) is 11.6 Å². The maximum absolute atomic E-state index is 12.8. The van der Waals surface area contributed by atoms with Gasteiger partial charge in [0.15, 0.2) is 0 Å². The molecule has 2 aliphatic rings. The van der Waals surface area contributed by atoms with Gasteiger partial charge in [-0.15, -0.1) is 0 Å². The molecule has 22 heavy (non-hydrogen) atoms. The summed E-state index contributed by atoms with van der Waals surface area (Å²) in [4.78, 5) is 14.9. The molecule has 1 aliphatic heterocycles. The summed E-state index contributed by atoms with van der Waals surface area (Å²) >= 11 is 6.33. The second-order valence-corrected chi connectivity index (χ2v) is 7.03. The standard InChI is InChI=1S/C18H25ClN2O/c1-13(16-4-2-3-5-17(16)19)21(15-7-8-15)18(22)9-6-14-10-11-20-12-14/h2-5,13-15,20H,6-12H2,1H3. The van der Waals surface area contributed by atoms with E-state index in [1.807, 2.05) is 24.3 Å². The predicted molar refractivity (Wildman–Crippen MR) is 89.9 cm³/mol. The molecule has 120 valence electrons. The van der Waals surface area contributed by atoms with Crippen LogP contribution < -0.4 is 5.32 Å². The highest BCUT2D eigenvalue weighted by molar-refractivity contribution is 6.31. The van der Waals surface area contributed by atoms with E-state index in [-0.39, 0.29) is 6.04 Å². The second-order valence-electron chi connectivity index (χ2n) is 6.63. The van der Waals surface area contributed by atoms with Gasteiger partial charge in [0, 0.05) is 17.5 Å². The topological polar surface area (TPSA) is 32.3 Å². The molecule has 1 saturated heterocycles. The number of rotatable bonds is 6. The number of hydrogen-bond acceptors (Lipinski definition) is 2. The lowest BCUT2D eigenvalue weighted by Crippen LogP contribution is -2.35. The van der Waals surface area contributed by atoms with Crippen LogP contribution in [0.15, 0.2) is 24.3 Å². The molecule has 1 N–H and O–H groups in total. The van der Waals surface area contributed by atoms with Crippen LogP contribution in [0.2, 0.25) is 5.02 Å². The van der Waals surface area contributed by atoms with Gasteiger partial charge in [-0.3, -0.25) is 4.79 Å². The Bertz CT molecular complexity index is 524. The highest BCUT2D eigenvalue weighted by Crippen LogP contribution is 2.37. The Hall–Kier alpha value is -1.06. The van der Waals surface area contributed by atoms with Gasteiger partial charge in [-0.2, -0.15) is 0 Å². The second kappa shape index (κ2) is 7.01. The number of amides is 1. The maximum Gasteiger partial charge on any atom is 0.223 e. The molecule has 0 bridgehead atoms. The first-order valence-corrected chi connectivity index (χ1v) is 8.81. The first-order chi connectivity index (χ1) is 10.7. The van der Waals surface area contributed by atoms with Gasteiger partial charge in [-0.1, -0.05) is 29.8 Å². The fourth-order valence-corrected chi connectivity index (χ4v) is 3.76. The summed E-state index contributed by atoms with van der Waals surface area (Å²) in [5.74, 6) is 0.961. The summed E-state index contributed by atoms with van der Waals surface area (Å²) < 4.78 is 0. The van der Waals surface area contributed by atoms with Crippen molar-refractivity contribution in [2.75, 3.05) is 13.1 Å². The number of hydrogen-bond donors (Lipinski definition) is 1. The van der Waals surface area contributed by atoms with Crippen molar-refractivity contribution in [1.29, 1.82) is 0 Å². The zero-order valence-corrected chi connectivity index (χ0v) is 14.0. The van der Waals surface area contributed by atoms with Crippen LogP contribution in [0.1, 0.15) is 50.6 Å². The molecule has 1 heterocycles. The van der Waals surface area contributed by atoms with Crippen molar-refractivity contribution < 1.29 is 4.79 Å². The number of benzene rings is 1. The Kier molecular flexibility index (Phi) is 5.04. The number of nitrogens with one attached hydrogen (secondary N) is 1. The molecule has 3 nitrogen and oxygen atoms in total. The monoisotopic (exact) mass is 320 g/mol. The van der Waals surface area contributed by atoms with E-state index in [1.165, 1.54) is 6.42 Å². The summed E-state index contributed by atoms with van der Waals surface area (Å²) in [5.41, 5.74) is 1.06. The van der Waals surface area contributed by atoms with E-state index >= 15 is 0 Å².